The van der Waals surface area contributed by atoms with Crippen molar-refractivity contribution in [1.82, 2.24) is 15.5 Å². The zero-order chi connectivity index (χ0) is 14.2. The average molecular weight is 281 g/mol. The number of nitrogens with one attached hydrogen (secondary N) is 2. The summed E-state index contributed by atoms with van der Waals surface area (Å²) < 4.78 is 0. The summed E-state index contributed by atoms with van der Waals surface area (Å²) in [6, 6.07) is 0.339. The zero-order valence-electron chi connectivity index (χ0n) is 13.0. The van der Waals surface area contributed by atoms with E-state index in [0.29, 0.717) is 18.5 Å². The summed E-state index contributed by atoms with van der Waals surface area (Å²) in [5.74, 6) is 0.899. The number of nitrogens with zero attached hydrogens (tertiary/aromatic N) is 1. The predicted octanol–water partition coefficient (Wildman–Crippen LogP) is 1.76. The highest BCUT2D eigenvalue weighted by Crippen LogP contribution is 2.25. The first-order chi connectivity index (χ1) is 9.75. The number of hydrogen-bond donors (Lipinski definition) is 2. The van der Waals surface area contributed by atoms with E-state index in [0.717, 1.165) is 32.6 Å². The van der Waals surface area contributed by atoms with Gasteiger partial charge < -0.3 is 10.6 Å². The summed E-state index contributed by atoms with van der Waals surface area (Å²) >= 11 is 0. The Bertz CT molecular complexity index is 279. The Morgan fingerprint density at radius 2 is 1.90 bits per heavy atom. The van der Waals surface area contributed by atoms with E-state index < -0.39 is 0 Å². The Kier molecular flexibility index (Phi) is 6.80. The Morgan fingerprint density at radius 1 is 1.15 bits per heavy atom. The standard InChI is InChI=1S/C16H31N3O/c1-14(15-7-4-2-3-5-8-15)18-16(20)13-19-11-6-9-17-10-12-19/h14-15,17H,2-13H2,1H3,(H,18,20)/t14-/m0/s1. The summed E-state index contributed by atoms with van der Waals surface area (Å²) in [5.41, 5.74) is 0. The molecule has 1 saturated heterocycles. The van der Waals surface area contributed by atoms with Gasteiger partial charge in [-0.05, 0) is 45.2 Å². The van der Waals surface area contributed by atoms with E-state index >= 15 is 0 Å². The van der Waals surface area contributed by atoms with Crippen LogP contribution in [0.3, 0.4) is 0 Å². The highest BCUT2D eigenvalue weighted by molar-refractivity contribution is 5.78. The lowest BCUT2D eigenvalue weighted by Crippen LogP contribution is -2.44. The van der Waals surface area contributed by atoms with Crippen molar-refractivity contribution in [2.75, 3.05) is 32.7 Å². The van der Waals surface area contributed by atoms with Gasteiger partial charge in [-0.2, -0.15) is 0 Å². The van der Waals surface area contributed by atoms with Crippen molar-refractivity contribution in [2.45, 2.75) is 57.9 Å². The molecule has 1 aliphatic heterocycles. The molecule has 116 valence electrons. The van der Waals surface area contributed by atoms with Crippen LogP contribution in [0.1, 0.15) is 51.9 Å². The normalized spacial score (nSPS) is 24.6. The molecular formula is C16H31N3O. The minimum Gasteiger partial charge on any atom is -0.352 e. The van der Waals surface area contributed by atoms with Crippen LogP contribution in [0, 0.1) is 5.92 Å². The lowest BCUT2D eigenvalue weighted by Gasteiger charge is -2.25. The van der Waals surface area contributed by atoms with Gasteiger partial charge in [-0.15, -0.1) is 0 Å². The maximum atomic E-state index is 12.2. The number of carbonyl (C=O) groups excluding carboxylic acids is 1. The van der Waals surface area contributed by atoms with Crippen molar-refractivity contribution in [2.24, 2.45) is 5.92 Å². The van der Waals surface area contributed by atoms with Crippen LogP contribution in [-0.2, 0) is 4.79 Å². The second kappa shape index (κ2) is 8.63. The van der Waals surface area contributed by atoms with Crippen LogP contribution in [0.2, 0.25) is 0 Å². The van der Waals surface area contributed by atoms with E-state index in [4.69, 9.17) is 0 Å². The van der Waals surface area contributed by atoms with Crippen molar-refractivity contribution >= 4 is 5.91 Å². The second-order valence-electron chi connectivity index (χ2n) is 6.49. The molecule has 4 nitrogen and oxygen atoms in total. The number of carbonyl (C=O) groups is 1. The van der Waals surface area contributed by atoms with Crippen LogP contribution in [0.4, 0.5) is 0 Å². The molecule has 0 radical (unpaired) electrons. The van der Waals surface area contributed by atoms with Gasteiger partial charge in [-0.3, -0.25) is 9.69 Å². The zero-order valence-corrected chi connectivity index (χ0v) is 13.0. The fraction of sp³-hybridized carbons (Fsp3) is 0.938. The first-order valence-corrected chi connectivity index (χ1v) is 8.48. The first kappa shape index (κ1) is 15.8. The van der Waals surface area contributed by atoms with Crippen LogP contribution >= 0.6 is 0 Å². The molecule has 0 spiro atoms. The maximum Gasteiger partial charge on any atom is 0.234 e. The van der Waals surface area contributed by atoms with Crippen LogP contribution in [0.15, 0.2) is 0 Å². The Morgan fingerprint density at radius 3 is 2.65 bits per heavy atom. The molecule has 2 N–H and O–H groups in total. The van der Waals surface area contributed by atoms with Crippen LogP contribution in [-0.4, -0.2) is 49.6 Å². The molecule has 1 atom stereocenters. The molecule has 1 amide bonds. The number of amides is 1. The molecule has 20 heavy (non-hydrogen) atoms. The first-order valence-electron chi connectivity index (χ1n) is 8.48. The minimum absolute atomic E-state index is 0.212. The molecule has 0 bridgehead atoms. The molecule has 2 rings (SSSR count). The van der Waals surface area contributed by atoms with Crippen molar-refractivity contribution < 1.29 is 4.79 Å². The van der Waals surface area contributed by atoms with Crippen molar-refractivity contribution in [3.63, 3.8) is 0 Å². The van der Waals surface area contributed by atoms with Crippen molar-refractivity contribution in [3.8, 4) is 0 Å². The van der Waals surface area contributed by atoms with Gasteiger partial charge >= 0.3 is 0 Å². The lowest BCUT2D eigenvalue weighted by atomic mass is 9.93. The van der Waals surface area contributed by atoms with Gasteiger partial charge in [0.25, 0.3) is 0 Å². The number of hydrogen-bond acceptors (Lipinski definition) is 3. The summed E-state index contributed by atoms with van der Waals surface area (Å²) in [7, 11) is 0. The maximum absolute atomic E-state index is 12.2. The molecule has 0 aromatic heterocycles. The molecular weight excluding hydrogens is 250 g/mol. The Balaban J connectivity index is 1.71. The third-order valence-electron chi connectivity index (χ3n) is 4.80. The smallest absolute Gasteiger partial charge is 0.234 e. The Hall–Kier alpha value is -0.610. The second-order valence-corrected chi connectivity index (χ2v) is 6.49. The summed E-state index contributed by atoms with van der Waals surface area (Å²) in [6.07, 6.45) is 9.14. The highest BCUT2D eigenvalue weighted by atomic mass is 16.2. The van der Waals surface area contributed by atoms with Crippen LogP contribution < -0.4 is 10.6 Å². The van der Waals surface area contributed by atoms with Gasteiger partial charge in [0, 0.05) is 19.1 Å². The van der Waals surface area contributed by atoms with Gasteiger partial charge in [0.1, 0.15) is 0 Å². The molecule has 0 aromatic carbocycles. The quantitative estimate of drug-likeness (QED) is 0.772. The summed E-state index contributed by atoms with van der Waals surface area (Å²) in [6.45, 7) is 6.88. The van der Waals surface area contributed by atoms with E-state index in [1.165, 1.54) is 38.5 Å². The van der Waals surface area contributed by atoms with Gasteiger partial charge in [0.05, 0.1) is 6.54 Å². The average Bonchev–Trinajstić information content (AvgIpc) is 2.82. The topological polar surface area (TPSA) is 44.4 Å². The van der Waals surface area contributed by atoms with Crippen LogP contribution in [0.5, 0.6) is 0 Å². The van der Waals surface area contributed by atoms with Gasteiger partial charge in [-0.1, -0.05) is 25.7 Å². The van der Waals surface area contributed by atoms with E-state index in [2.05, 4.69) is 22.5 Å². The third kappa shape index (κ3) is 5.41. The van der Waals surface area contributed by atoms with E-state index in [1.54, 1.807) is 0 Å². The van der Waals surface area contributed by atoms with E-state index in [1.807, 2.05) is 0 Å². The molecule has 1 aliphatic carbocycles. The monoisotopic (exact) mass is 281 g/mol. The molecule has 4 heteroatoms. The van der Waals surface area contributed by atoms with Gasteiger partial charge in [-0.25, -0.2) is 0 Å². The molecule has 0 unspecified atom stereocenters. The molecule has 2 fully saturated rings. The SMILES string of the molecule is C[C@H](NC(=O)CN1CCCNCC1)C1CCCCCC1. The van der Waals surface area contributed by atoms with Crippen molar-refractivity contribution in [1.29, 1.82) is 0 Å². The molecule has 1 saturated carbocycles. The van der Waals surface area contributed by atoms with E-state index in [-0.39, 0.29) is 5.91 Å². The highest BCUT2D eigenvalue weighted by Gasteiger charge is 2.21. The molecule has 1 heterocycles. The predicted molar refractivity (Wildman–Crippen MR) is 82.7 cm³/mol. The summed E-state index contributed by atoms with van der Waals surface area (Å²) in [4.78, 5) is 14.5. The van der Waals surface area contributed by atoms with Crippen molar-refractivity contribution in [3.05, 3.63) is 0 Å². The summed E-state index contributed by atoms with van der Waals surface area (Å²) in [5, 5.41) is 6.62. The Labute approximate surface area is 123 Å². The fourth-order valence-electron chi connectivity index (χ4n) is 3.49. The third-order valence-corrected chi connectivity index (χ3v) is 4.80. The molecule has 2 aliphatic rings. The lowest BCUT2D eigenvalue weighted by molar-refractivity contribution is -0.123. The van der Waals surface area contributed by atoms with Gasteiger partial charge in [0.2, 0.25) is 5.91 Å². The fourth-order valence-corrected chi connectivity index (χ4v) is 3.49. The number of rotatable bonds is 4. The molecule has 0 aromatic rings. The van der Waals surface area contributed by atoms with Crippen LogP contribution in [0.25, 0.3) is 0 Å². The minimum atomic E-state index is 0.212. The van der Waals surface area contributed by atoms with E-state index in [9.17, 15) is 4.79 Å². The van der Waals surface area contributed by atoms with Gasteiger partial charge in [0.15, 0.2) is 0 Å². The largest absolute Gasteiger partial charge is 0.352 e.